The van der Waals surface area contributed by atoms with E-state index < -0.39 is 6.09 Å². The number of anilines is 1. The molecule has 1 fully saturated rings. The molecular weight excluding hydrogens is 376 g/mol. The molecule has 0 aromatic heterocycles. The van der Waals surface area contributed by atoms with Gasteiger partial charge in [-0.1, -0.05) is 15.9 Å². The van der Waals surface area contributed by atoms with Crippen molar-refractivity contribution in [3.05, 3.63) is 27.7 Å². The zero-order valence-corrected chi connectivity index (χ0v) is 15.9. The summed E-state index contributed by atoms with van der Waals surface area (Å²) in [6.07, 6.45) is 0.562. The molecule has 1 heterocycles. The van der Waals surface area contributed by atoms with Gasteiger partial charge in [0.05, 0.1) is 12.7 Å². The Hall–Kier alpha value is -1.76. The molecule has 0 aliphatic carbocycles. The van der Waals surface area contributed by atoms with Crippen LogP contribution < -0.4 is 5.32 Å². The van der Waals surface area contributed by atoms with Crippen LogP contribution in [0.3, 0.4) is 0 Å². The molecule has 2 rings (SSSR count). The number of rotatable bonds is 3. The first-order chi connectivity index (χ1) is 11.2. The van der Waals surface area contributed by atoms with E-state index in [-0.39, 0.29) is 24.1 Å². The molecule has 1 aromatic rings. The Kier molecular flexibility index (Phi) is 5.74. The summed E-state index contributed by atoms with van der Waals surface area (Å²) >= 11 is 3.43. The van der Waals surface area contributed by atoms with Gasteiger partial charge in [-0.15, -0.1) is 0 Å². The van der Waals surface area contributed by atoms with Crippen molar-refractivity contribution in [1.82, 2.24) is 4.90 Å². The van der Waals surface area contributed by atoms with Gasteiger partial charge in [0.15, 0.2) is 0 Å². The summed E-state index contributed by atoms with van der Waals surface area (Å²) in [7, 11) is 1.36. The minimum atomic E-state index is -0.875. The second kappa shape index (κ2) is 7.42. The summed E-state index contributed by atoms with van der Waals surface area (Å²) in [4.78, 5) is 24.8. The lowest BCUT2D eigenvalue weighted by atomic mass is 9.92. The van der Waals surface area contributed by atoms with Gasteiger partial charge in [0, 0.05) is 28.3 Å². The van der Waals surface area contributed by atoms with E-state index in [1.807, 2.05) is 26.8 Å². The number of ether oxygens (including phenoxy) is 1. The van der Waals surface area contributed by atoms with Crippen LogP contribution in [0.15, 0.2) is 16.6 Å². The van der Waals surface area contributed by atoms with Crippen LogP contribution in [0.2, 0.25) is 0 Å². The fourth-order valence-corrected chi connectivity index (χ4v) is 3.90. The number of carbonyl (C=O) groups is 2. The zero-order chi connectivity index (χ0) is 18.0. The summed E-state index contributed by atoms with van der Waals surface area (Å²) in [5, 5.41) is 12.8. The van der Waals surface area contributed by atoms with Crippen LogP contribution in [0.4, 0.5) is 10.5 Å². The van der Waals surface area contributed by atoms with E-state index in [1.54, 1.807) is 6.07 Å². The number of halogens is 1. The fraction of sp³-hybridized carbons (Fsp3) is 0.529. The predicted octanol–water partition coefficient (Wildman–Crippen LogP) is 3.88. The molecule has 0 radical (unpaired) electrons. The van der Waals surface area contributed by atoms with Gasteiger partial charge in [0.2, 0.25) is 0 Å². The standard InChI is InChI=1S/C17H23BrN2O4/c1-9-5-13(6-10(2)20(9)17(22)23)19-15-8-12(18)7-14(11(15)3)16(21)24-4/h7-10,13,19H,5-6H2,1-4H3,(H,22,23)/t9-,10-/m1/s1. The number of nitrogens with one attached hydrogen (secondary N) is 1. The van der Waals surface area contributed by atoms with Gasteiger partial charge in [-0.05, 0) is 51.3 Å². The highest BCUT2D eigenvalue weighted by molar-refractivity contribution is 9.10. The molecule has 1 aromatic carbocycles. The Labute approximate surface area is 150 Å². The van der Waals surface area contributed by atoms with E-state index in [1.165, 1.54) is 12.0 Å². The van der Waals surface area contributed by atoms with E-state index >= 15 is 0 Å². The number of carbonyl (C=O) groups excluding carboxylic acids is 1. The van der Waals surface area contributed by atoms with E-state index in [0.717, 1.165) is 28.6 Å². The van der Waals surface area contributed by atoms with Crippen molar-refractivity contribution in [1.29, 1.82) is 0 Å². The molecule has 24 heavy (non-hydrogen) atoms. The lowest BCUT2D eigenvalue weighted by Crippen LogP contribution is -2.52. The van der Waals surface area contributed by atoms with Gasteiger partial charge in [-0.2, -0.15) is 0 Å². The summed E-state index contributed by atoms with van der Waals surface area (Å²) in [5.41, 5.74) is 2.20. The fourth-order valence-electron chi connectivity index (χ4n) is 3.45. The first kappa shape index (κ1) is 18.6. The minimum absolute atomic E-state index is 0.0590. The van der Waals surface area contributed by atoms with Crippen molar-refractivity contribution in [3.63, 3.8) is 0 Å². The SMILES string of the molecule is COC(=O)c1cc(Br)cc(NC2C[C@@H](C)N(C(=O)O)[C@H](C)C2)c1C. The highest BCUT2D eigenvalue weighted by Gasteiger charge is 2.34. The maximum absolute atomic E-state index is 11.9. The Bertz CT molecular complexity index is 638. The molecule has 1 aliphatic rings. The molecule has 0 saturated carbocycles. The molecule has 1 amide bonds. The molecule has 132 valence electrons. The number of amides is 1. The largest absolute Gasteiger partial charge is 0.465 e. The number of nitrogens with zero attached hydrogens (tertiary/aromatic N) is 1. The van der Waals surface area contributed by atoms with Crippen molar-refractivity contribution in [3.8, 4) is 0 Å². The summed E-state index contributed by atoms with van der Waals surface area (Å²) < 4.78 is 5.62. The molecular formula is C17H23BrN2O4. The molecule has 0 bridgehead atoms. The molecule has 0 spiro atoms. The number of methoxy groups -OCH3 is 1. The molecule has 2 N–H and O–H groups in total. The Morgan fingerprint density at radius 2 is 1.88 bits per heavy atom. The van der Waals surface area contributed by atoms with Crippen LogP contribution in [0, 0.1) is 6.92 Å². The first-order valence-corrected chi connectivity index (χ1v) is 8.70. The zero-order valence-electron chi connectivity index (χ0n) is 14.3. The van der Waals surface area contributed by atoms with Gasteiger partial charge in [0.1, 0.15) is 0 Å². The highest BCUT2D eigenvalue weighted by atomic mass is 79.9. The van der Waals surface area contributed by atoms with Crippen molar-refractivity contribution in [2.24, 2.45) is 0 Å². The second-order valence-electron chi connectivity index (χ2n) is 6.32. The summed E-state index contributed by atoms with van der Waals surface area (Å²) in [6.45, 7) is 5.72. The van der Waals surface area contributed by atoms with Crippen LogP contribution in [-0.2, 0) is 4.74 Å². The topological polar surface area (TPSA) is 78.9 Å². The van der Waals surface area contributed by atoms with E-state index in [2.05, 4.69) is 21.2 Å². The third-order valence-corrected chi connectivity index (χ3v) is 5.02. The Morgan fingerprint density at radius 3 is 2.38 bits per heavy atom. The number of piperidine rings is 1. The van der Waals surface area contributed by atoms with E-state index in [9.17, 15) is 14.7 Å². The maximum atomic E-state index is 11.9. The van der Waals surface area contributed by atoms with Crippen LogP contribution in [0.25, 0.3) is 0 Å². The molecule has 2 atom stereocenters. The normalized spacial score (nSPS) is 23.7. The quantitative estimate of drug-likeness (QED) is 0.755. The van der Waals surface area contributed by atoms with Gasteiger partial charge < -0.3 is 20.1 Å². The number of hydrogen-bond acceptors (Lipinski definition) is 4. The lowest BCUT2D eigenvalue weighted by molar-refractivity contribution is 0.0599. The van der Waals surface area contributed by atoms with E-state index in [4.69, 9.17) is 4.74 Å². The predicted molar refractivity (Wildman–Crippen MR) is 95.7 cm³/mol. The van der Waals surface area contributed by atoms with Gasteiger partial charge >= 0.3 is 12.1 Å². The maximum Gasteiger partial charge on any atom is 0.407 e. The number of esters is 1. The first-order valence-electron chi connectivity index (χ1n) is 7.90. The van der Waals surface area contributed by atoms with Crippen molar-refractivity contribution in [2.75, 3.05) is 12.4 Å². The second-order valence-corrected chi connectivity index (χ2v) is 7.23. The molecule has 7 heteroatoms. The van der Waals surface area contributed by atoms with Crippen LogP contribution >= 0.6 is 15.9 Å². The number of likely N-dealkylation sites (tertiary alicyclic amines) is 1. The monoisotopic (exact) mass is 398 g/mol. The third-order valence-electron chi connectivity index (χ3n) is 4.56. The molecule has 1 saturated heterocycles. The summed E-state index contributed by atoms with van der Waals surface area (Å²) in [6, 6.07) is 3.70. The van der Waals surface area contributed by atoms with Crippen LogP contribution in [0.1, 0.15) is 42.6 Å². The number of hydrogen-bond donors (Lipinski definition) is 2. The third kappa shape index (κ3) is 3.83. The molecule has 6 nitrogen and oxygen atoms in total. The number of benzene rings is 1. The van der Waals surface area contributed by atoms with Crippen molar-refractivity contribution >= 4 is 33.7 Å². The lowest BCUT2D eigenvalue weighted by Gasteiger charge is -2.41. The van der Waals surface area contributed by atoms with Gasteiger partial charge in [-0.25, -0.2) is 9.59 Å². The Morgan fingerprint density at radius 1 is 1.29 bits per heavy atom. The highest BCUT2D eigenvalue weighted by Crippen LogP contribution is 2.30. The van der Waals surface area contributed by atoms with Crippen molar-refractivity contribution in [2.45, 2.75) is 51.7 Å². The smallest absolute Gasteiger partial charge is 0.407 e. The van der Waals surface area contributed by atoms with E-state index in [0.29, 0.717) is 5.56 Å². The van der Waals surface area contributed by atoms with Crippen LogP contribution in [0.5, 0.6) is 0 Å². The van der Waals surface area contributed by atoms with Crippen LogP contribution in [-0.4, -0.2) is 47.3 Å². The number of carboxylic acid groups (broad SMARTS) is 1. The minimum Gasteiger partial charge on any atom is -0.465 e. The average molecular weight is 399 g/mol. The van der Waals surface area contributed by atoms with Crippen molar-refractivity contribution < 1.29 is 19.4 Å². The van der Waals surface area contributed by atoms with Gasteiger partial charge in [-0.3, -0.25) is 0 Å². The summed E-state index contributed by atoms with van der Waals surface area (Å²) in [5.74, 6) is -0.376. The Balaban J connectivity index is 2.22. The molecule has 1 aliphatic heterocycles. The average Bonchev–Trinajstić information content (AvgIpc) is 2.48. The molecule has 0 unspecified atom stereocenters. The van der Waals surface area contributed by atoms with Gasteiger partial charge in [0.25, 0.3) is 0 Å².